The highest BCUT2D eigenvalue weighted by Crippen LogP contribution is 2.12. The highest BCUT2D eigenvalue weighted by molar-refractivity contribution is 5.45. The molecule has 4 heteroatoms. The molecule has 1 heterocycles. The van der Waals surface area contributed by atoms with Gasteiger partial charge in [-0.2, -0.15) is 0 Å². The average molecular weight is 265 g/mol. The Bertz CT molecular complexity index is 355. The van der Waals surface area contributed by atoms with Gasteiger partial charge in [-0.15, -0.1) is 0 Å². The fourth-order valence-electron chi connectivity index (χ4n) is 1.76. The molecule has 1 rings (SSSR count). The number of hydrogen-bond acceptors (Lipinski definition) is 4. The lowest BCUT2D eigenvalue weighted by Gasteiger charge is -2.19. The van der Waals surface area contributed by atoms with Gasteiger partial charge in [0.15, 0.2) is 0 Å². The Morgan fingerprint density at radius 1 is 1.42 bits per heavy atom. The Morgan fingerprint density at radius 2 is 2.21 bits per heavy atom. The molecule has 0 aromatic carbocycles. The van der Waals surface area contributed by atoms with Gasteiger partial charge in [0.1, 0.15) is 0 Å². The highest BCUT2D eigenvalue weighted by Gasteiger charge is 2.03. The Balaban J connectivity index is 2.46. The number of anilines is 1. The van der Waals surface area contributed by atoms with E-state index in [4.69, 9.17) is 4.74 Å². The van der Waals surface area contributed by atoms with E-state index in [2.05, 4.69) is 42.2 Å². The first-order valence-electron chi connectivity index (χ1n) is 7.08. The van der Waals surface area contributed by atoms with Crippen molar-refractivity contribution in [3.05, 3.63) is 24.0 Å². The van der Waals surface area contributed by atoms with Crippen molar-refractivity contribution in [2.75, 3.05) is 38.3 Å². The van der Waals surface area contributed by atoms with Gasteiger partial charge in [-0.3, -0.25) is 4.98 Å². The van der Waals surface area contributed by atoms with Crippen LogP contribution in [0.5, 0.6) is 0 Å². The van der Waals surface area contributed by atoms with Crippen molar-refractivity contribution in [3.63, 3.8) is 0 Å². The first kappa shape index (κ1) is 15.9. The second-order valence-electron chi connectivity index (χ2n) is 5.15. The zero-order chi connectivity index (χ0) is 14.1. The molecule has 1 aromatic rings. The molecule has 0 radical (unpaired) electrons. The number of rotatable bonds is 9. The van der Waals surface area contributed by atoms with Crippen LogP contribution in [0.25, 0.3) is 0 Å². The number of ether oxygens (including phenoxy) is 1. The zero-order valence-corrected chi connectivity index (χ0v) is 12.6. The predicted octanol–water partition coefficient (Wildman–Crippen LogP) is 2.30. The second-order valence-corrected chi connectivity index (χ2v) is 5.15. The van der Waals surface area contributed by atoms with E-state index in [-0.39, 0.29) is 0 Å². The van der Waals surface area contributed by atoms with Gasteiger partial charge in [0, 0.05) is 38.6 Å². The molecule has 0 bridgehead atoms. The molecule has 0 amide bonds. The van der Waals surface area contributed by atoms with Crippen molar-refractivity contribution in [1.82, 2.24) is 10.3 Å². The van der Waals surface area contributed by atoms with Gasteiger partial charge < -0.3 is 15.0 Å². The van der Waals surface area contributed by atoms with E-state index in [1.54, 1.807) is 0 Å². The Hall–Kier alpha value is -1.13. The minimum Gasteiger partial charge on any atom is -0.380 e. The number of hydrogen-bond donors (Lipinski definition) is 1. The van der Waals surface area contributed by atoms with Crippen LogP contribution in [0.2, 0.25) is 0 Å². The number of pyridine rings is 1. The fraction of sp³-hybridized carbons (Fsp3) is 0.667. The summed E-state index contributed by atoms with van der Waals surface area (Å²) in [5, 5.41) is 3.41. The summed E-state index contributed by atoms with van der Waals surface area (Å²) in [4.78, 5) is 6.59. The van der Waals surface area contributed by atoms with Crippen LogP contribution in [0, 0.1) is 5.92 Å². The number of nitrogens with one attached hydrogen (secondary N) is 1. The molecule has 0 aliphatic carbocycles. The summed E-state index contributed by atoms with van der Waals surface area (Å²) in [5.41, 5.74) is 2.28. The van der Waals surface area contributed by atoms with Crippen LogP contribution in [0.1, 0.15) is 26.5 Å². The third-order valence-corrected chi connectivity index (χ3v) is 2.87. The maximum Gasteiger partial charge on any atom is 0.0641 e. The van der Waals surface area contributed by atoms with E-state index >= 15 is 0 Å². The number of aromatic nitrogens is 1. The van der Waals surface area contributed by atoms with Gasteiger partial charge in [0.2, 0.25) is 0 Å². The van der Waals surface area contributed by atoms with Crippen LogP contribution >= 0.6 is 0 Å². The fourth-order valence-corrected chi connectivity index (χ4v) is 1.76. The summed E-state index contributed by atoms with van der Waals surface area (Å²) >= 11 is 0. The Labute approximate surface area is 117 Å². The van der Waals surface area contributed by atoms with Gasteiger partial charge in [-0.1, -0.05) is 13.8 Å². The van der Waals surface area contributed by atoms with Gasteiger partial charge >= 0.3 is 0 Å². The van der Waals surface area contributed by atoms with Crippen LogP contribution < -0.4 is 10.2 Å². The Kier molecular flexibility index (Phi) is 7.45. The highest BCUT2D eigenvalue weighted by atomic mass is 16.5. The summed E-state index contributed by atoms with van der Waals surface area (Å²) in [6.45, 7) is 10.7. The van der Waals surface area contributed by atoms with E-state index in [0.717, 1.165) is 38.5 Å². The van der Waals surface area contributed by atoms with E-state index in [9.17, 15) is 0 Å². The van der Waals surface area contributed by atoms with Crippen LogP contribution in [-0.2, 0) is 11.3 Å². The van der Waals surface area contributed by atoms with Crippen LogP contribution in [0.3, 0.4) is 0 Å². The Morgan fingerprint density at radius 3 is 2.89 bits per heavy atom. The van der Waals surface area contributed by atoms with Crippen molar-refractivity contribution in [3.8, 4) is 0 Å². The lowest BCUT2D eigenvalue weighted by atomic mass is 10.2. The predicted molar refractivity (Wildman–Crippen MR) is 80.5 cm³/mol. The standard InChI is InChI=1S/C15H27N3O/c1-5-19-9-8-18(4)15-6-7-17-14(10-15)12-16-11-13(2)3/h6-7,10,13,16H,5,8-9,11-12H2,1-4H3. The summed E-state index contributed by atoms with van der Waals surface area (Å²) in [7, 11) is 2.08. The van der Waals surface area contributed by atoms with Crippen molar-refractivity contribution in [1.29, 1.82) is 0 Å². The van der Waals surface area contributed by atoms with E-state index in [1.165, 1.54) is 5.69 Å². The molecule has 108 valence electrons. The second kappa shape index (κ2) is 8.88. The molecule has 1 N–H and O–H groups in total. The van der Waals surface area contributed by atoms with Crippen molar-refractivity contribution in [2.45, 2.75) is 27.3 Å². The van der Waals surface area contributed by atoms with Gasteiger partial charge in [0.25, 0.3) is 0 Å². The zero-order valence-electron chi connectivity index (χ0n) is 12.6. The first-order chi connectivity index (χ1) is 9.13. The third kappa shape index (κ3) is 6.55. The molecule has 4 nitrogen and oxygen atoms in total. The van der Waals surface area contributed by atoms with Crippen molar-refractivity contribution in [2.24, 2.45) is 5.92 Å². The van der Waals surface area contributed by atoms with E-state index in [0.29, 0.717) is 5.92 Å². The molecule has 1 aromatic heterocycles. The van der Waals surface area contributed by atoms with Crippen molar-refractivity contribution < 1.29 is 4.74 Å². The molecule has 0 spiro atoms. The topological polar surface area (TPSA) is 37.4 Å². The van der Waals surface area contributed by atoms with Crippen LogP contribution in [-0.4, -0.2) is 38.3 Å². The van der Waals surface area contributed by atoms with Crippen molar-refractivity contribution >= 4 is 5.69 Å². The monoisotopic (exact) mass is 265 g/mol. The number of likely N-dealkylation sites (N-methyl/N-ethyl adjacent to an activating group) is 1. The van der Waals surface area contributed by atoms with Gasteiger partial charge in [0.05, 0.1) is 12.3 Å². The summed E-state index contributed by atoms with van der Waals surface area (Å²) in [6, 6.07) is 4.18. The normalized spacial score (nSPS) is 11.0. The SMILES string of the molecule is CCOCCN(C)c1ccnc(CNCC(C)C)c1. The molecular formula is C15H27N3O. The largest absolute Gasteiger partial charge is 0.380 e. The minimum atomic E-state index is 0.664. The molecule has 0 saturated carbocycles. The molecule has 0 aliphatic rings. The van der Waals surface area contributed by atoms with Crippen LogP contribution in [0.4, 0.5) is 5.69 Å². The summed E-state index contributed by atoms with van der Waals surface area (Å²) < 4.78 is 5.38. The summed E-state index contributed by atoms with van der Waals surface area (Å²) in [5.74, 6) is 0.664. The maximum atomic E-state index is 5.38. The smallest absolute Gasteiger partial charge is 0.0641 e. The van der Waals surface area contributed by atoms with Gasteiger partial charge in [-0.05, 0) is 31.5 Å². The lowest BCUT2D eigenvalue weighted by Crippen LogP contribution is -2.23. The van der Waals surface area contributed by atoms with Crippen LogP contribution in [0.15, 0.2) is 18.3 Å². The molecule has 0 unspecified atom stereocenters. The molecule has 0 saturated heterocycles. The first-order valence-corrected chi connectivity index (χ1v) is 7.08. The summed E-state index contributed by atoms with van der Waals surface area (Å²) in [6.07, 6.45) is 1.87. The molecule has 0 atom stereocenters. The number of nitrogens with zero attached hydrogens (tertiary/aromatic N) is 2. The third-order valence-electron chi connectivity index (χ3n) is 2.87. The van der Waals surface area contributed by atoms with Gasteiger partial charge in [-0.25, -0.2) is 0 Å². The quantitative estimate of drug-likeness (QED) is 0.695. The minimum absolute atomic E-state index is 0.664. The van der Waals surface area contributed by atoms with E-state index < -0.39 is 0 Å². The maximum absolute atomic E-state index is 5.38. The molecule has 19 heavy (non-hydrogen) atoms. The van der Waals surface area contributed by atoms with E-state index in [1.807, 2.05) is 19.2 Å². The molecular weight excluding hydrogens is 238 g/mol. The average Bonchev–Trinajstić information content (AvgIpc) is 2.39. The molecule has 0 aliphatic heterocycles. The lowest BCUT2D eigenvalue weighted by molar-refractivity contribution is 0.154. The molecule has 0 fully saturated rings.